The molecule has 1 rings (SSSR count). The van der Waals surface area contributed by atoms with Gasteiger partial charge in [0.05, 0.1) is 18.2 Å². The summed E-state index contributed by atoms with van der Waals surface area (Å²) < 4.78 is 5.37. The molecular formula is C27H39N3O7Rb2. The number of unbranched alkanes of at least 4 members (excludes halogenated alkanes) is 2. The predicted molar refractivity (Wildman–Crippen MR) is 141 cm³/mol. The Labute approximate surface area is 330 Å². The van der Waals surface area contributed by atoms with Gasteiger partial charge >= 0.3 is 116 Å². The maximum Gasteiger partial charge on any atom is 1.00 e. The zero-order valence-corrected chi connectivity index (χ0v) is 33.6. The van der Waals surface area contributed by atoms with Crippen LogP contribution in [0.2, 0.25) is 0 Å². The van der Waals surface area contributed by atoms with E-state index in [9.17, 15) is 28.8 Å². The summed E-state index contributed by atoms with van der Waals surface area (Å²) in [4.78, 5) is 69.1. The second-order valence-corrected chi connectivity index (χ2v) is 8.80. The molecule has 0 radical (unpaired) electrons. The Bertz CT molecular complexity index is 931. The normalized spacial score (nSPS) is 9.90. The number of rotatable bonds is 20. The molecule has 0 aliphatic rings. The molecule has 0 heterocycles. The minimum atomic E-state index is -0.625. The largest absolute Gasteiger partial charge is 1.00 e. The SMILES string of the molecule is CC(=O)CCCCCNC(=O)CCCOCC[N-]C(=O)CC(=O)[N-]c1ccc(CC(=O)CC(C)=O)cc1.[HH].[Rb+].[Rb+]. The van der Waals surface area contributed by atoms with Crippen molar-refractivity contribution in [3.05, 3.63) is 40.5 Å². The Morgan fingerprint density at radius 2 is 1.49 bits per heavy atom. The second kappa shape index (κ2) is 25.9. The Kier molecular flexibility index (Phi) is 27.4. The molecule has 0 saturated heterocycles. The number of nitrogens with zero attached hydrogens (tertiary/aromatic N) is 2. The maximum atomic E-state index is 12.0. The van der Waals surface area contributed by atoms with Crippen LogP contribution in [-0.2, 0) is 39.9 Å². The third-order valence-electron chi connectivity index (χ3n) is 5.08. The molecule has 0 aromatic heterocycles. The molecule has 0 fully saturated rings. The summed E-state index contributed by atoms with van der Waals surface area (Å²) in [6.45, 7) is 4.21. The Morgan fingerprint density at radius 1 is 0.795 bits per heavy atom. The van der Waals surface area contributed by atoms with E-state index in [1.54, 1.807) is 31.2 Å². The molecule has 0 bridgehead atoms. The van der Waals surface area contributed by atoms with Crippen molar-refractivity contribution in [3.63, 3.8) is 0 Å². The van der Waals surface area contributed by atoms with Crippen LogP contribution < -0.4 is 122 Å². The molecule has 0 aliphatic carbocycles. The molecule has 206 valence electrons. The molecule has 1 N–H and O–H groups in total. The first-order valence-electron chi connectivity index (χ1n) is 12.5. The summed E-state index contributed by atoms with van der Waals surface area (Å²) in [5, 5.41) is 10.5. The van der Waals surface area contributed by atoms with Gasteiger partial charge in [-0.05, 0) is 38.7 Å². The van der Waals surface area contributed by atoms with Gasteiger partial charge in [0.25, 0.3) is 0 Å². The minimum Gasteiger partial charge on any atom is -0.651 e. The van der Waals surface area contributed by atoms with Gasteiger partial charge in [-0.25, -0.2) is 0 Å². The van der Waals surface area contributed by atoms with E-state index in [1.807, 2.05) is 0 Å². The molecule has 0 spiro atoms. The van der Waals surface area contributed by atoms with E-state index in [0.29, 0.717) is 43.7 Å². The van der Waals surface area contributed by atoms with Crippen molar-refractivity contribution in [2.75, 3.05) is 26.3 Å². The molecule has 0 aliphatic heterocycles. The van der Waals surface area contributed by atoms with Gasteiger partial charge in [-0.15, -0.1) is 12.2 Å². The van der Waals surface area contributed by atoms with Gasteiger partial charge < -0.3 is 35.1 Å². The number of benzene rings is 1. The van der Waals surface area contributed by atoms with Gasteiger partial charge in [-0.2, -0.15) is 0 Å². The van der Waals surface area contributed by atoms with E-state index in [0.717, 1.165) is 19.3 Å². The Hall–Kier alpha value is 0.210. The molecule has 39 heavy (non-hydrogen) atoms. The summed E-state index contributed by atoms with van der Waals surface area (Å²) in [7, 11) is 0. The van der Waals surface area contributed by atoms with Gasteiger partial charge in [0.2, 0.25) is 5.91 Å². The number of nitrogens with one attached hydrogen (secondary N) is 1. The van der Waals surface area contributed by atoms with Crippen LogP contribution in [0, 0.1) is 0 Å². The van der Waals surface area contributed by atoms with Gasteiger partial charge in [0.1, 0.15) is 17.3 Å². The van der Waals surface area contributed by atoms with Crippen molar-refractivity contribution in [1.29, 1.82) is 0 Å². The number of hydrogen-bond acceptors (Lipinski definition) is 7. The Balaban J connectivity index is -0.00000456. The summed E-state index contributed by atoms with van der Waals surface area (Å²) in [6.07, 6.45) is 3.64. The first-order valence-corrected chi connectivity index (χ1v) is 12.5. The zero-order chi connectivity index (χ0) is 27.5. The average molecular weight is 689 g/mol. The van der Waals surface area contributed by atoms with Crippen LogP contribution >= 0.6 is 0 Å². The first-order chi connectivity index (χ1) is 17.7. The summed E-state index contributed by atoms with van der Waals surface area (Å²) >= 11 is 0. The van der Waals surface area contributed by atoms with Gasteiger partial charge in [-0.1, -0.05) is 30.7 Å². The fourth-order valence-electron chi connectivity index (χ4n) is 3.29. The van der Waals surface area contributed by atoms with E-state index < -0.39 is 18.2 Å². The van der Waals surface area contributed by atoms with Crippen LogP contribution in [0.5, 0.6) is 0 Å². The molecule has 1 aromatic carbocycles. The number of Topliss-reactive ketones (excluding diaryl/α,β-unsaturated/α-hetero) is 3. The van der Waals surface area contributed by atoms with E-state index >= 15 is 0 Å². The standard InChI is InChI=1S/C27H39N3O7.2Rb.H2/c1-20(31)7-4-3-5-13-28-25(34)8-6-15-37-16-14-29-26(35)19-27(36)30-23-11-9-22(10-12-23)18-24(33)17-21(2)32;;;/h9-12H,3-8,13-19H2,1-2H3,(H3,28,29,30,34,35,36);;;1H/q;2*+1;/p-2. The van der Waals surface area contributed by atoms with Crippen molar-refractivity contribution in [1.82, 2.24) is 5.32 Å². The summed E-state index contributed by atoms with van der Waals surface area (Å²) in [5.74, 6) is -1.45. The van der Waals surface area contributed by atoms with E-state index in [-0.39, 0.29) is 167 Å². The van der Waals surface area contributed by atoms with Gasteiger partial charge in [0, 0.05) is 46.9 Å². The average Bonchev–Trinajstić information content (AvgIpc) is 2.81. The first kappa shape index (κ1) is 41.3. The van der Waals surface area contributed by atoms with Crippen molar-refractivity contribution in [2.24, 2.45) is 0 Å². The fourth-order valence-corrected chi connectivity index (χ4v) is 3.29. The van der Waals surface area contributed by atoms with Gasteiger partial charge in [0.15, 0.2) is 0 Å². The van der Waals surface area contributed by atoms with Crippen LogP contribution in [0.15, 0.2) is 24.3 Å². The fraction of sp³-hybridized carbons (Fsp3) is 0.556. The number of amides is 3. The molecule has 12 heteroatoms. The minimum absolute atomic E-state index is 0. The van der Waals surface area contributed by atoms with Gasteiger partial charge in [-0.3, -0.25) is 14.4 Å². The van der Waals surface area contributed by atoms with Crippen LogP contribution in [0.1, 0.15) is 72.2 Å². The van der Waals surface area contributed by atoms with Crippen LogP contribution in [0.3, 0.4) is 0 Å². The van der Waals surface area contributed by atoms with Crippen LogP contribution in [0.25, 0.3) is 10.6 Å². The molecule has 3 amide bonds. The van der Waals surface area contributed by atoms with E-state index in [2.05, 4.69) is 16.0 Å². The molecular weight excluding hydrogens is 649 g/mol. The quantitative estimate of drug-likeness (QED) is 0.122. The monoisotopic (exact) mass is 687 g/mol. The predicted octanol–water partition coefficient (Wildman–Crippen LogP) is -2.08. The topological polar surface area (TPSA) is 152 Å². The number of carbonyl (C=O) groups is 6. The molecule has 0 unspecified atom stereocenters. The second-order valence-electron chi connectivity index (χ2n) is 8.80. The number of carbonyl (C=O) groups excluding carboxylic acids is 6. The third-order valence-corrected chi connectivity index (χ3v) is 5.08. The van der Waals surface area contributed by atoms with Crippen LogP contribution in [0.4, 0.5) is 5.69 Å². The number of hydrogen-bond donors (Lipinski definition) is 1. The number of ether oxygens (including phenoxy) is 1. The van der Waals surface area contributed by atoms with Crippen molar-refractivity contribution in [3.8, 4) is 0 Å². The van der Waals surface area contributed by atoms with E-state index in [4.69, 9.17) is 4.74 Å². The third kappa shape index (κ3) is 24.5. The van der Waals surface area contributed by atoms with E-state index in [1.165, 1.54) is 6.92 Å². The van der Waals surface area contributed by atoms with Crippen molar-refractivity contribution < 1.29 is 151 Å². The zero-order valence-electron chi connectivity index (χ0n) is 23.8. The number of ketones is 3. The van der Waals surface area contributed by atoms with Crippen molar-refractivity contribution >= 4 is 40.8 Å². The van der Waals surface area contributed by atoms with Crippen molar-refractivity contribution in [2.45, 2.75) is 71.6 Å². The molecule has 10 nitrogen and oxygen atoms in total. The molecule has 0 saturated carbocycles. The Morgan fingerprint density at radius 3 is 2.13 bits per heavy atom. The maximum absolute atomic E-state index is 12.0. The summed E-state index contributed by atoms with van der Waals surface area (Å²) in [6, 6.07) is 6.44. The van der Waals surface area contributed by atoms with Crippen LogP contribution in [-0.4, -0.2) is 61.4 Å². The molecule has 1 aromatic rings. The smallest absolute Gasteiger partial charge is 0.651 e. The summed E-state index contributed by atoms with van der Waals surface area (Å²) in [5.41, 5.74) is 1.07. The molecule has 0 atom stereocenters.